The van der Waals surface area contributed by atoms with Gasteiger partial charge >= 0.3 is 6.03 Å². The molecule has 1 aromatic heterocycles. The van der Waals surface area contributed by atoms with Gasteiger partial charge in [-0.05, 0) is 30.5 Å². The van der Waals surface area contributed by atoms with Crippen molar-refractivity contribution in [2.45, 2.75) is 18.9 Å². The van der Waals surface area contributed by atoms with Crippen LogP contribution in [0.5, 0.6) is 0 Å². The monoisotopic (exact) mass is 342 g/mol. The van der Waals surface area contributed by atoms with Crippen LogP contribution in [0.15, 0.2) is 23.7 Å². The molecule has 0 unspecified atom stereocenters. The normalized spacial score (nSPS) is 18.0. The van der Waals surface area contributed by atoms with E-state index in [1.54, 1.807) is 16.5 Å². The summed E-state index contributed by atoms with van der Waals surface area (Å²) in [6.45, 7) is 0.704. The average molecular weight is 343 g/mol. The van der Waals surface area contributed by atoms with Gasteiger partial charge in [0.15, 0.2) is 0 Å². The van der Waals surface area contributed by atoms with Crippen molar-refractivity contribution < 1.29 is 4.79 Å². The van der Waals surface area contributed by atoms with E-state index in [2.05, 4.69) is 15.5 Å². The molecule has 21 heavy (non-hydrogen) atoms. The molecule has 110 valence electrons. The van der Waals surface area contributed by atoms with Crippen molar-refractivity contribution in [2.24, 2.45) is 0 Å². The Balaban J connectivity index is 1.78. The molecular formula is C13H12Cl2N4OS. The van der Waals surface area contributed by atoms with E-state index in [9.17, 15) is 4.79 Å². The second-order valence-electron chi connectivity index (χ2n) is 4.70. The summed E-state index contributed by atoms with van der Waals surface area (Å²) < 4.78 is 0. The minimum atomic E-state index is -0.166. The maximum absolute atomic E-state index is 12.3. The van der Waals surface area contributed by atoms with Crippen molar-refractivity contribution in [1.29, 1.82) is 0 Å². The third-order valence-electron chi connectivity index (χ3n) is 3.42. The molecule has 1 aliphatic rings. The van der Waals surface area contributed by atoms with Crippen LogP contribution in [-0.4, -0.2) is 27.7 Å². The number of hydrogen-bond acceptors (Lipinski definition) is 4. The summed E-state index contributed by atoms with van der Waals surface area (Å²) in [5, 5.41) is 11.8. The number of nitrogens with zero attached hydrogens (tertiary/aromatic N) is 3. The van der Waals surface area contributed by atoms with Crippen LogP contribution in [0.4, 0.5) is 9.93 Å². The van der Waals surface area contributed by atoms with Crippen LogP contribution in [0.25, 0.3) is 0 Å². The molecule has 1 N–H and O–H groups in total. The minimum Gasteiger partial charge on any atom is -0.317 e. The number of likely N-dealkylation sites (tertiary alicyclic amines) is 1. The number of carbonyl (C=O) groups is 1. The van der Waals surface area contributed by atoms with Crippen molar-refractivity contribution in [3.63, 3.8) is 0 Å². The summed E-state index contributed by atoms with van der Waals surface area (Å²) >= 11 is 13.3. The molecule has 0 saturated carbocycles. The maximum Gasteiger partial charge on any atom is 0.324 e. The molecule has 5 nitrogen and oxygen atoms in total. The standard InChI is InChI=1S/C13H12Cl2N4OS/c14-9-4-3-8(6-10(9)15)11-2-1-5-19(11)13(20)17-12-18-16-7-21-12/h3-4,6-7,11H,1-2,5H2,(H,17,18,20)/t11-/m0/s1. The second kappa shape index (κ2) is 6.17. The van der Waals surface area contributed by atoms with Gasteiger partial charge in [-0.2, -0.15) is 0 Å². The lowest BCUT2D eigenvalue weighted by atomic mass is 10.0. The number of hydrogen-bond donors (Lipinski definition) is 1. The fourth-order valence-electron chi connectivity index (χ4n) is 2.47. The summed E-state index contributed by atoms with van der Waals surface area (Å²) in [5.74, 6) is 0. The number of amides is 2. The molecule has 1 fully saturated rings. The minimum absolute atomic E-state index is 0.00712. The molecule has 0 radical (unpaired) electrons. The lowest BCUT2D eigenvalue weighted by molar-refractivity contribution is 0.207. The van der Waals surface area contributed by atoms with Crippen LogP contribution in [-0.2, 0) is 0 Å². The molecular weight excluding hydrogens is 331 g/mol. The summed E-state index contributed by atoms with van der Waals surface area (Å²) in [5.41, 5.74) is 2.57. The smallest absolute Gasteiger partial charge is 0.317 e. The Morgan fingerprint density at radius 1 is 1.38 bits per heavy atom. The lowest BCUT2D eigenvalue weighted by Crippen LogP contribution is -2.34. The predicted octanol–water partition coefficient (Wildman–Crippen LogP) is 4.21. The Hall–Kier alpha value is -1.37. The van der Waals surface area contributed by atoms with Crippen LogP contribution >= 0.6 is 34.5 Å². The number of nitrogens with one attached hydrogen (secondary N) is 1. The van der Waals surface area contributed by atoms with E-state index in [1.165, 1.54) is 11.3 Å². The summed E-state index contributed by atoms with van der Waals surface area (Å²) in [6.07, 6.45) is 1.86. The Bertz CT molecular complexity index is 650. The van der Waals surface area contributed by atoms with Crippen molar-refractivity contribution in [3.8, 4) is 0 Å². The van der Waals surface area contributed by atoms with Crippen molar-refractivity contribution in [2.75, 3.05) is 11.9 Å². The van der Waals surface area contributed by atoms with Gasteiger partial charge in [0.05, 0.1) is 16.1 Å². The third-order valence-corrected chi connectivity index (χ3v) is 4.76. The summed E-state index contributed by atoms with van der Waals surface area (Å²) in [4.78, 5) is 14.1. The van der Waals surface area contributed by atoms with Crippen molar-refractivity contribution in [3.05, 3.63) is 39.3 Å². The Labute approximate surface area is 135 Å². The average Bonchev–Trinajstić information content (AvgIpc) is 3.12. The first-order valence-corrected chi connectivity index (χ1v) is 8.07. The van der Waals surface area contributed by atoms with E-state index in [-0.39, 0.29) is 12.1 Å². The largest absolute Gasteiger partial charge is 0.324 e. The quantitative estimate of drug-likeness (QED) is 0.888. The maximum atomic E-state index is 12.3. The van der Waals surface area contributed by atoms with E-state index in [0.717, 1.165) is 18.4 Å². The molecule has 2 amide bonds. The van der Waals surface area contributed by atoms with E-state index >= 15 is 0 Å². The number of urea groups is 1. The van der Waals surface area contributed by atoms with Crippen LogP contribution < -0.4 is 5.32 Å². The lowest BCUT2D eigenvalue weighted by Gasteiger charge is -2.25. The van der Waals surface area contributed by atoms with E-state index in [0.29, 0.717) is 21.7 Å². The van der Waals surface area contributed by atoms with Gasteiger partial charge in [-0.25, -0.2) is 4.79 Å². The number of carbonyl (C=O) groups excluding carboxylic acids is 1. The van der Waals surface area contributed by atoms with E-state index < -0.39 is 0 Å². The SMILES string of the molecule is O=C(Nc1nncs1)N1CCC[C@H]1c1ccc(Cl)c(Cl)c1. The topological polar surface area (TPSA) is 58.1 Å². The number of rotatable bonds is 2. The molecule has 2 heterocycles. The molecule has 1 aliphatic heterocycles. The first kappa shape index (κ1) is 14.6. The molecule has 0 aliphatic carbocycles. The molecule has 1 saturated heterocycles. The fraction of sp³-hybridized carbons (Fsp3) is 0.308. The van der Waals surface area contributed by atoms with Gasteiger partial charge in [-0.3, -0.25) is 5.32 Å². The zero-order chi connectivity index (χ0) is 14.8. The number of benzene rings is 1. The number of anilines is 1. The second-order valence-corrected chi connectivity index (χ2v) is 6.35. The van der Waals surface area contributed by atoms with Gasteiger partial charge in [0.2, 0.25) is 5.13 Å². The van der Waals surface area contributed by atoms with Gasteiger partial charge < -0.3 is 4.90 Å². The highest BCUT2D eigenvalue weighted by atomic mass is 35.5. The van der Waals surface area contributed by atoms with Crippen molar-refractivity contribution >= 4 is 45.7 Å². The molecule has 0 bridgehead atoms. The van der Waals surface area contributed by atoms with E-state index in [4.69, 9.17) is 23.2 Å². The zero-order valence-corrected chi connectivity index (χ0v) is 13.3. The highest BCUT2D eigenvalue weighted by Gasteiger charge is 2.30. The number of aromatic nitrogens is 2. The zero-order valence-electron chi connectivity index (χ0n) is 10.9. The molecule has 8 heteroatoms. The summed E-state index contributed by atoms with van der Waals surface area (Å²) in [6, 6.07) is 5.34. The van der Waals surface area contributed by atoms with Crippen LogP contribution in [0, 0.1) is 0 Å². The van der Waals surface area contributed by atoms with Crippen LogP contribution in [0.1, 0.15) is 24.4 Å². The highest BCUT2D eigenvalue weighted by Crippen LogP contribution is 2.35. The Morgan fingerprint density at radius 2 is 2.24 bits per heavy atom. The molecule has 1 atom stereocenters. The Morgan fingerprint density at radius 3 is 2.95 bits per heavy atom. The molecule has 3 rings (SSSR count). The third kappa shape index (κ3) is 3.12. The molecule has 1 aromatic carbocycles. The first-order chi connectivity index (χ1) is 10.1. The van der Waals surface area contributed by atoms with Gasteiger partial charge in [0.1, 0.15) is 5.51 Å². The fourth-order valence-corrected chi connectivity index (χ4v) is 3.21. The highest BCUT2D eigenvalue weighted by molar-refractivity contribution is 7.13. The van der Waals surface area contributed by atoms with Gasteiger partial charge in [0.25, 0.3) is 0 Å². The van der Waals surface area contributed by atoms with Gasteiger partial charge in [-0.15, -0.1) is 10.2 Å². The van der Waals surface area contributed by atoms with Crippen LogP contribution in [0.3, 0.4) is 0 Å². The van der Waals surface area contributed by atoms with E-state index in [1.807, 2.05) is 12.1 Å². The van der Waals surface area contributed by atoms with Crippen molar-refractivity contribution in [1.82, 2.24) is 15.1 Å². The first-order valence-electron chi connectivity index (χ1n) is 6.44. The summed E-state index contributed by atoms with van der Waals surface area (Å²) in [7, 11) is 0. The van der Waals surface area contributed by atoms with Crippen LogP contribution in [0.2, 0.25) is 10.0 Å². The predicted molar refractivity (Wildman–Crippen MR) is 84.1 cm³/mol. The molecule has 2 aromatic rings. The Kier molecular flexibility index (Phi) is 4.28. The number of halogens is 2. The van der Waals surface area contributed by atoms with Gasteiger partial charge in [0, 0.05) is 6.54 Å². The molecule has 0 spiro atoms. The van der Waals surface area contributed by atoms with Gasteiger partial charge in [-0.1, -0.05) is 40.6 Å².